The largest absolute Gasteiger partial charge is 0.396 e. The van der Waals surface area contributed by atoms with Crippen LogP contribution < -0.4 is 11.1 Å². The van der Waals surface area contributed by atoms with Crippen LogP contribution in [0.2, 0.25) is 0 Å². The Hall–Kier alpha value is -0.610. The Morgan fingerprint density at radius 3 is 2.26 bits per heavy atom. The van der Waals surface area contributed by atoms with Crippen LogP contribution in [0.3, 0.4) is 0 Å². The quantitative estimate of drug-likeness (QED) is 0.632. The molecule has 0 bridgehead atoms. The van der Waals surface area contributed by atoms with Crippen LogP contribution in [0.15, 0.2) is 0 Å². The minimum Gasteiger partial charge on any atom is -0.396 e. The Morgan fingerprint density at radius 1 is 1.26 bits per heavy atom. The van der Waals surface area contributed by atoms with Gasteiger partial charge >= 0.3 is 0 Å². The summed E-state index contributed by atoms with van der Waals surface area (Å²) >= 11 is 0. The number of hydrogen-bond acceptors (Lipinski definition) is 3. The van der Waals surface area contributed by atoms with Crippen molar-refractivity contribution in [2.24, 2.45) is 22.5 Å². The van der Waals surface area contributed by atoms with Crippen molar-refractivity contribution in [3.8, 4) is 0 Å². The number of nitrogens with one attached hydrogen (secondary N) is 1. The van der Waals surface area contributed by atoms with E-state index in [0.717, 1.165) is 19.3 Å². The molecule has 0 spiro atoms. The highest BCUT2D eigenvalue weighted by molar-refractivity contribution is 5.78. The monoisotopic (exact) mass is 272 g/mol. The second-order valence-corrected chi connectivity index (χ2v) is 7.41. The third-order valence-electron chi connectivity index (χ3n) is 3.27. The predicted octanol–water partition coefficient (Wildman–Crippen LogP) is 1.91. The fourth-order valence-electron chi connectivity index (χ4n) is 2.14. The second kappa shape index (κ2) is 7.85. The van der Waals surface area contributed by atoms with Gasteiger partial charge in [0.05, 0.1) is 5.92 Å². The number of amides is 1. The molecule has 4 heteroatoms. The molecule has 0 heterocycles. The summed E-state index contributed by atoms with van der Waals surface area (Å²) in [6, 6.07) is 0. The van der Waals surface area contributed by atoms with E-state index in [4.69, 9.17) is 10.8 Å². The highest BCUT2D eigenvalue weighted by Gasteiger charge is 2.25. The summed E-state index contributed by atoms with van der Waals surface area (Å²) in [5.74, 6) is -0.0665. The smallest absolute Gasteiger partial charge is 0.224 e. The standard InChI is InChI=1S/C15H32N2O2/c1-14(2,3)9-12(10-16)13(19)17-11-15(4,5)7-6-8-18/h12,18H,6-11,16H2,1-5H3,(H,17,19). The lowest BCUT2D eigenvalue weighted by Crippen LogP contribution is -2.41. The van der Waals surface area contributed by atoms with Gasteiger partial charge in [0.1, 0.15) is 0 Å². The van der Waals surface area contributed by atoms with Crippen molar-refractivity contribution in [2.45, 2.75) is 53.9 Å². The molecule has 0 fully saturated rings. The molecule has 0 aliphatic carbocycles. The summed E-state index contributed by atoms with van der Waals surface area (Å²) in [7, 11) is 0. The number of carbonyl (C=O) groups is 1. The van der Waals surface area contributed by atoms with Crippen molar-refractivity contribution >= 4 is 5.91 Å². The normalized spacial score (nSPS) is 14.3. The third kappa shape index (κ3) is 9.00. The van der Waals surface area contributed by atoms with Crippen molar-refractivity contribution in [2.75, 3.05) is 19.7 Å². The first-order chi connectivity index (χ1) is 8.61. The summed E-state index contributed by atoms with van der Waals surface area (Å²) in [5.41, 5.74) is 5.82. The van der Waals surface area contributed by atoms with E-state index in [2.05, 4.69) is 39.9 Å². The molecule has 1 amide bonds. The lowest BCUT2D eigenvalue weighted by Gasteiger charge is -2.28. The zero-order chi connectivity index (χ0) is 15.1. The molecule has 0 aromatic heterocycles. The van der Waals surface area contributed by atoms with Crippen molar-refractivity contribution < 1.29 is 9.90 Å². The third-order valence-corrected chi connectivity index (χ3v) is 3.27. The molecule has 114 valence electrons. The summed E-state index contributed by atoms with van der Waals surface area (Å²) < 4.78 is 0. The maximum atomic E-state index is 12.1. The van der Waals surface area contributed by atoms with Gasteiger partial charge in [-0.1, -0.05) is 34.6 Å². The zero-order valence-electron chi connectivity index (χ0n) is 13.3. The molecule has 19 heavy (non-hydrogen) atoms. The molecule has 0 aromatic carbocycles. The van der Waals surface area contributed by atoms with Crippen LogP contribution in [0.1, 0.15) is 53.9 Å². The SMILES string of the molecule is CC(C)(C)CC(CN)C(=O)NCC(C)(C)CCCO. The minimum atomic E-state index is -0.117. The van der Waals surface area contributed by atoms with E-state index in [1.165, 1.54) is 0 Å². The van der Waals surface area contributed by atoms with Crippen LogP contribution in [0.25, 0.3) is 0 Å². The van der Waals surface area contributed by atoms with Crippen molar-refractivity contribution in [1.29, 1.82) is 0 Å². The Morgan fingerprint density at radius 2 is 1.84 bits per heavy atom. The Bertz CT molecular complexity index is 270. The van der Waals surface area contributed by atoms with Gasteiger partial charge in [0.2, 0.25) is 5.91 Å². The fourth-order valence-corrected chi connectivity index (χ4v) is 2.14. The average molecular weight is 272 g/mol. The summed E-state index contributed by atoms with van der Waals surface area (Å²) in [5, 5.41) is 11.9. The van der Waals surface area contributed by atoms with Gasteiger partial charge in [-0.2, -0.15) is 0 Å². The van der Waals surface area contributed by atoms with E-state index >= 15 is 0 Å². The Balaban J connectivity index is 4.27. The maximum Gasteiger partial charge on any atom is 0.224 e. The van der Waals surface area contributed by atoms with Gasteiger partial charge in [0, 0.05) is 19.7 Å². The highest BCUT2D eigenvalue weighted by Crippen LogP contribution is 2.25. The van der Waals surface area contributed by atoms with Gasteiger partial charge in [0.25, 0.3) is 0 Å². The number of aliphatic hydroxyl groups excluding tert-OH is 1. The second-order valence-electron chi connectivity index (χ2n) is 7.41. The average Bonchev–Trinajstić information content (AvgIpc) is 2.29. The Labute approximate surface area is 118 Å². The van der Waals surface area contributed by atoms with Crippen LogP contribution in [0, 0.1) is 16.7 Å². The van der Waals surface area contributed by atoms with E-state index < -0.39 is 0 Å². The van der Waals surface area contributed by atoms with Gasteiger partial charge in [-0.15, -0.1) is 0 Å². The summed E-state index contributed by atoms with van der Waals surface area (Å²) in [6.07, 6.45) is 2.47. The Kier molecular flexibility index (Phi) is 7.60. The molecule has 4 N–H and O–H groups in total. The minimum absolute atomic E-state index is 0.0132. The van der Waals surface area contributed by atoms with Crippen molar-refractivity contribution in [3.63, 3.8) is 0 Å². The molecule has 0 aromatic rings. The number of nitrogens with two attached hydrogens (primary N) is 1. The predicted molar refractivity (Wildman–Crippen MR) is 79.7 cm³/mol. The molecule has 0 radical (unpaired) electrons. The first kappa shape index (κ1) is 18.4. The van der Waals surface area contributed by atoms with E-state index in [1.54, 1.807) is 0 Å². The number of aliphatic hydroxyl groups is 1. The summed E-state index contributed by atoms with van der Waals surface area (Å²) in [6.45, 7) is 11.8. The number of hydrogen-bond donors (Lipinski definition) is 3. The van der Waals surface area contributed by atoms with E-state index in [0.29, 0.717) is 13.1 Å². The molecule has 0 aliphatic rings. The number of carbonyl (C=O) groups excluding carboxylic acids is 1. The van der Waals surface area contributed by atoms with Gasteiger partial charge in [-0.25, -0.2) is 0 Å². The van der Waals surface area contributed by atoms with Crippen LogP contribution in [-0.2, 0) is 4.79 Å². The van der Waals surface area contributed by atoms with E-state index in [9.17, 15) is 4.79 Å². The highest BCUT2D eigenvalue weighted by atomic mass is 16.2. The molecular formula is C15H32N2O2. The molecule has 4 nitrogen and oxygen atoms in total. The van der Waals surface area contributed by atoms with Gasteiger partial charge in [-0.05, 0) is 30.1 Å². The lowest BCUT2D eigenvalue weighted by atomic mass is 9.83. The first-order valence-electron chi connectivity index (χ1n) is 7.20. The molecular weight excluding hydrogens is 240 g/mol. The fraction of sp³-hybridized carbons (Fsp3) is 0.933. The topological polar surface area (TPSA) is 75.4 Å². The van der Waals surface area contributed by atoms with Crippen molar-refractivity contribution in [1.82, 2.24) is 5.32 Å². The maximum absolute atomic E-state index is 12.1. The van der Waals surface area contributed by atoms with E-state index in [-0.39, 0.29) is 29.3 Å². The van der Waals surface area contributed by atoms with Gasteiger partial charge < -0.3 is 16.2 Å². The molecule has 1 atom stereocenters. The van der Waals surface area contributed by atoms with Crippen LogP contribution >= 0.6 is 0 Å². The summed E-state index contributed by atoms with van der Waals surface area (Å²) in [4.78, 5) is 12.1. The molecule has 0 saturated heterocycles. The number of rotatable bonds is 8. The van der Waals surface area contributed by atoms with Crippen LogP contribution in [0.4, 0.5) is 0 Å². The molecule has 1 unspecified atom stereocenters. The van der Waals surface area contributed by atoms with Gasteiger partial charge in [0.15, 0.2) is 0 Å². The zero-order valence-corrected chi connectivity index (χ0v) is 13.3. The van der Waals surface area contributed by atoms with Crippen LogP contribution in [0.5, 0.6) is 0 Å². The lowest BCUT2D eigenvalue weighted by molar-refractivity contribution is -0.126. The molecule has 0 aliphatic heterocycles. The molecule has 0 rings (SSSR count). The first-order valence-corrected chi connectivity index (χ1v) is 7.20. The molecule has 0 saturated carbocycles. The van der Waals surface area contributed by atoms with E-state index in [1.807, 2.05) is 0 Å². The van der Waals surface area contributed by atoms with Crippen molar-refractivity contribution in [3.05, 3.63) is 0 Å². The van der Waals surface area contributed by atoms with Crippen LogP contribution in [-0.4, -0.2) is 30.7 Å². The van der Waals surface area contributed by atoms with Gasteiger partial charge in [-0.3, -0.25) is 4.79 Å².